The zero-order valence-corrected chi connectivity index (χ0v) is 11.8. The highest BCUT2D eigenvalue weighted by molar-refractivity contribution is 5.85. The first-order valence-corrected chi connectivity index (χ1v) is 6.35. The molecule has 118 valence electrons. The van der Waals surface area contributed by atoms with E-state index < -0.39 is 17.7 Å². The topological polar surface area (TPSA) is 64.4 Å². The van der Waals surface area contributed by atoms with Crippen LogP contribution in [-0.4, -0.2) is 20.6 Å². The van der Waals surface area contributed by atoms with Gasteiger partial charge in [-0.15, -0.1) is 0 Å². The van der Waals surface area contributed by atoms with E-state index in [4.69, 9.17) is 9.84 Å². The molecule has 0 saturated carbocycles. The van der Waals surface area contributed by atoms with Crippen molar-refractivity contribution < 1.29 is 27.8 Å². The van der Waals surface area contributed by atoms with Crippen LogP contribution in [0.25, 0.3) is 0 Å². The van der Waals surface area contributed by atoms with Gasteiger partial charge >= 0.3 is 18.2 Å². The Morgan fingerprint density at radius 2 is 2.05 bits per heavy atom. The highest BCUT2D eigenvalue weighted by Crippen LogP contribution is 2.33. The zero-order chi connectivity index (χ0) is 16.5. The van der Waals surface area contributed by atoms with E-state index >= 15 is 0 Å². The van der Waals surface area contributed by atoms with Gasteiger partial charge in [-0.25, -0.2) is 4.79 Å². The van der Waals surface area contributed by atoms with Crippen molar-refractivity contribution in [2.45, 2.75) is 26.1 Å². The van der Waals surface area contributed by atoms with Crippen LogP contribution in [0.15, 0.2) is 30.5 Å². The molecule has 2 aromatic rings. The molecule has 0 unspecified atom stereocenters. The predicted octanol–water partition coefficient (Wildman–Crippen LogP) is 3.97. The van der Waals surface area contributed by atoms with Crippen LogP contribution in [0.1, 0.15) is 35.9 Å². The molecule has 0 aliphatic rings. The molecule has 0 amide bonds. The first-order chi connectivity index (χ1) is 10.2. The third kappa shape index (κ3) is 3.38. The fourth-order valence-electron chi connectivity index (χ4n) is 1.77. The van der Waals surface area contributed by atoms with Crippen molar-refractivity contribution in [1.29, 1.82) is 0 Å². The van der Waals surface area contributed by atoms with E-state index in [0.717, 1.165) is 12.1 Å². The van der Waals surface area contributed by atoms with Gasteiger partial charge in [-0.2, -0.15) is 18.2 Å². The number of aromatic carboxylic acids is 1. The van der Waals surface area contributed by atoms with Gasteiger partial charge in [0.2, 0.25) is 0 Å². The standard InChI is InChI=1S/C14H13F3N2O3/c1-8(2)19-7-11(12(20)21)18-13(19)22-10-5-3-4-9(6-10)14(15,16)17/h3-8H,1-2H3,(H,20,21). The number of carboxylic acids is 1. The van der Waals surface area contributed by atoms with Crippen molar-refractivity contribution in [2.75, 3.05) is 0 Å². The summed E-state index contributed by atoms with van der Waals surface area (Å²) in [6.07, 6.45) is -3.21. The summed E-state index contributed by atoms with van der Waals surface area (Å²) < 4.78 is 44.8. The van der Waals surface area contributed by atoms with Crippen molar-refractivity contribution in [3.63, 3.8) is 0 Å². The fourth-order valence-corrected chi connectivity index (χ4v) is 1.77. The molecule has 0 bridgehead atoms. The summed E-state index contributed by atoms with van der Waals surface area (Å²) in [5.74, 6) is -1.31. The summed E-state index contributed by atoms with van der Waals surface area (Å²) in [7, 11) is 0. The molecular formula is C14H13F3N2O3. The van der Waals surface area contributed by atoms with Crippen molar-refractivity contribution in [2.24, 2.45) is 0 Å². The van der Waals surface area contributed by atoms with Gasteiger partial charge in [0.25, 0.3) is 0 Å². The molecule has 0 saturated heterocycles. The summed E-state index contributed by atoms with van der Waals surface area (Å²) in [4.78, 5) is 14.7. The average molecular weight is 314 g/mol. The van der Waals surface area contributed by atoms with Gasteiger partial charge in [0, 0.05) is 12.2 Å². The Labute approximate surface area is 124 Å². The van der Waals surface area contributed by atoms with E-state index in [1.165, 1.54) is 22.9 Å². The smallest absolute Gasteiger partial charge is 0.416 e. The first-order valence-electron chi connectivity index (χ1n) is 6.35. The summed E-state index contributed by atoms with van der Waals surface area (Å²) in [5, 5.41) is 8.94. The first kappa shape index (κ1) is 15.9. The Hall–Kier alpha value is -2.51. The number of alkyl halides is 3. The molecular weight excluding hydrogens is 301 g/mol. The molecule has 5 nitrogen and oxygen atoms in total. The summed E-state index contributed by atoms with van der Waals surface area (Å²) >= 11 is 0. The van der Waals surface area contributed by atoms with Crippen molar-refractivity contribution in [1.82, 2.24) is 9.55 Å². The summed E-state index contributed by atoms with van der Waals surface area (Å²) in [6.45, 7) is 3.54. The molecule has 0 spiro atoms. The number of carbonyl (C=O) groups is 1. The highest BCUT2D eigenvalue weighted by Gasteiger charge is 2.30. The number of halogens is 3. The fraction of sp³-hybridized carbons (Fsp3) is 0.286. The van der Waals surface area contributed by atoms with Gasteiger partial charge in [0.1, 0.15) is 5.75 Å². The largest absolute Gasteiger partial charge is 0.476 e. The van der Waals surface area contributed by atoms with Crippen molar-refractivity contribution in [3.05, 3.63) is 41.7 Å². The second-order valence-corrected chi connectivity index (χ2v) is 4.84. The second-order valence-electron chi connectivity index (χ2n) is 4.84. The van der Waals surface area contributed by atoms with Gasteiger partial charge in [-0.1, -0.05) is 6.07 Å². The molecule has 1 heterocycles. The Morgan fingerprint density at radius 1 is 1.36 bits per heavy atom. The second kappa shape index (κ2) is 5.70. The van der Waals surface area contributed by atoms with Crippen LogP contribution in [0, 0.1) is 0 Å². The number of aromatic nitrogens is 2. The van der Waals surface area contributed by atoms with E-state index in [2.05, 4.69) is 4.98 Å². The Morgan fingerprint density at radius 3 is 2.59 bits per heavy atom. The van der Waals surface area contributed by atoms with E-state index in [9.17, 15) is 18.0 Å². The highest BCUT2D eigenvalue weighted by atomic mass is 19.4. The van der Waals surface area contributed by atoms with Crippen LogP contribution in [0.3, 0.4) is 0 Å². The molecule has 1 N–H and O–H groups in total. The number of hydrogen-bond donors (Lipinski definition) is 1. The predicted molar refractivity (Wildman–Crippen MR) is 71.1 cm³/mol. The van der Waals surface area contributed by atoms with E-state index in [0.29, 0.717) is 0 Å². The number of nitrogens with zero attached hydrogens (tertiary/aromatic N) is 2. The third-order valence-corrected chi connectivity index (χ3v) is 2.84. The minimum Gasteiger partial charge on any atom is -0.476 e. The van der Waals surface area contributed by atoms with Crippen molar-refractivity contribution >= 4 is 5.97 Å². The molecule has 1 aromatic heterocycles. The van der Waals surface area contributed by atoms with Crippen LogP contribution in [-0.2, 0) is 6.18 Å². The van der Waals surface area contributed by atoms with Crippen LogP contribution >= 0.6 is 0 Å². The van der Waals surface area contributed by atoms with E-state index in [1.807, 2.05) is 0 Å². The lowest BCUT2D eigenvalue weighted by Crippen LogP contribution is -2.05. The maximum absolute atomic E-state index is 12.7. The molecule has 1 aromatic carbocycles. The molecule has 0 radical (unpaired) electrons. The quantitative estimate of drug-likeness (QED) is 0.927. The Bertz CT molecular complexity index is 693. The number of hydrogen-bond acceptors (Lipinski definition) is 3. The molecule has 0 atom stereocenters. The number of imidazole rings is 1. The van der Waals surface area contributed by atoms with Gasteiger partial charge in [-0.05, 0) is 32.0 Å². The SMILES string of the molecule is CC(C)n1cc(C(=O)O)nc1Oc1cccc(C(F)(F)F)c1. The van der Waals surface area contributed by atoms with Gasteiger partial charge < -0.3 is 9.84 Å². The molecule has 22 heavy (non-hydrogen) atoms. The molecule has 8 heteroatoms. The average Bonchev–Trinajstić information content (AvgIpc) is 2.82. The monoisotopic (exact) mass is 314 g/mol. The number of rotatable bonds is 4. The maximum Gasteiger partial charge on any atom is 0.416 e. The number of carboxylic acid groups (broad SMARTS) is 1. The van der Waals surface area contributed by atoms with Gasteiger partial charge in [0.15, 0.2) is 5.69 Å². The van der Waals surface area contributed by atoms with E-state index in [-0.39, 0.29) is 23.5 Å². The zero-order valence-electron chi connectivity index (χ0n) is 11.8. The lowest BCUT2D eigenvalue weighted by atomic mass is 10.2. The third-order valence-electron chi connectivity index (χ3n) is 2.84. The van der Waals surface area contributed by atoms with E-state index in [1.54, 1.807) is 13.8 Å². The van der Waals surface area contributed by atoms with Gasteiger partial charge in [0.05, 0.1) is 5.56 Å². The van der Waals surface area contributed by atoms with Crippen LogP contribution < -0.4 is 4.74 Å². The van der Waals surface area contributed by atoms with Crippen LogP contribution in [0.4, 0.5) is 13.2 Å². The molecule has 0 fully saturated rings. The molecule has 0 aliphatic heterocycles. The van der Waals surface area contributed by atoms with Crippen LogP contribution in [0.5, 0.6) is 11.8 Å². The summed E-state index contributed by atoms with van der Waals surface area (Å²) in [6, 6.07) is 4.06. The van der Waals surface area contributed by atoms with Gasteiger partial charge in [-0.3, -0.25) is 4.57 Å². The molecule has 0 aliphatic carbocycles. The Balaban J connectivity index is 2.36. The number of benzene rings is 1. The Kier molecular flexibility index (Phi) is 4.11. The molecule has 2 rings (SSSR count). The van der Waals surface area contributed by atoms with Crippen molar-refractivity contribution in [3.8, 4) is 11.8 Å². The van der Waals surface area contributed by atoms with Crippen LogP contribution in [0.2, 0.25) is 0 Å². The lowest BCUT2D eigenvalue weighted by Gasteiger charge is -2.12. The lowest BCUT2D eigenvalue weighted by molar-refractivity contribution is -0.137. The number of ether oxygens (including phenoxy) is 1. The maximum atomic E-state index is 12.7. The summed E-state index contributed by atoms with van der Waals surface area (Å²) in [5.41, 5.74) is -1.10. The minimum atomic E-state index is -4.49. The normalized spacial score (nSPS) is 11.7. The minimum absolute atomic E-state index is 0.0701.